The van der Waals surface area contributed by atoms with Crippen LogP contribution in [0.3, 0.4) is 0 Å². The minimum absolute atomic E-state index is 0.0141. The van der Waals surface area contributed by atoms with Gasteiger partial charge in [0.15, 0.2) is 5.69 Å². The molecule has 2 aromatic rings. The zero-order chi connectivity index (χ0) is 16.8. The molecule has 0 saturated carbocycles. The lowest BCUT2D eigenvalue weighted by molar-refractivity contribution is -0.124. The lowest BCUT2D eigenvalue weighted by Crippen LogP contribution is -2.28. The molecule has 23 heavy (non-hydrogen) atoms. The number of rotatable bonds is 7. The zero-order valence-electron chi connectivity index (χ0n) is 13.2. The number of carboxylic acid groups (broad SMARTS) is 1. The van der Waals surface area contributed by atoms with Crippen molar-refractivity contribution in [3.05, 3.63) is 40.9 Å². The number of nitrogens with one attached hydrogen (secondary N) is 1. The molecule has 122 valence electrons. The lowest BCUT2D eigenvalue weighted by atomic mass is 10.1. The van der Waals surface area contributed by atoms with Crippen molar-refractivity contribution in [1.29, 1.82) is 0 Å². The Kier molecular flexibility index (Phi) is 5.87. The fourth-order valence-electron chi connectivity index (χ4n) is 2.25. The summed E-state index contributed by atoms with van der Waals surface area (Å²) in [6.45, 7) is 4.45. The maximum Gasteiger partial charge on any atom is 0.355 e. The van der Waals surface area contributed by atoms with Gasteiger partial charge in [0.1, 0.15) is 5.01 Å². The van der Waals surface area contributed by atoms with E-state index < -0.39 is 5.97 Å². The summed E-state index contributed by atoms with van der Waals surface area (Å²) < 4.78 is 0. The molecule has 0 spiro atoms. The summed E-state index contributed by atoms with van der Waals surface area (Å²) in [6, 6.07) is 7.62. The van der Waals surface area contributed by atoms with Gasteiger partial charge in [-0.25, -0.2) is 9.78 Å². The summed E-state index contributed by atoms with van der Waals surface area (Å²) in [5, 5.41) is 14.1. The second kappa shape index (κ2) is 7.87. The third kappa shape index (κ3) is 4.63. The van der Waals surface area contributed by atoms with E-state index in [4.69, 9.17) is 5.11 Å². The molecule has 1 amide bonds. The Balaban J connectivity index is 2.04. The number of aromatic nitrogens is 1. The van der Waals surface area contributed by atoms with Gasteiger partial charge in [0.25, 0.3) is 0 Å². The predicted octanol–water partition coefficient (Wildman–Crippen LogP) is 3.56. The molecule has 0 bridgehead atoms. The van der Waals surface area contributed by atoms with E-state index in [2.05, 4.69) is 17.2 Å². The minimum Gasteiger partial charge on any atom is -0.476 e. The second-order valence-electron chi connectivity index (χ2n) is 5.45. The Morgan fingerprint density at radius 2 is 2.17 bits per heavy atom. The van der Waals surface area contributed by atoms with Crippen LogP contribution in [0, 0.1) is 5.92 Å². The molecule has 5 nitrogen and oxygen atoms in total. The van der Waals surface area contributed by atoms with Crippen molar-refractivity contribution in [2.75, 3.05) is 0 Å². The number of hydrogen-bond acceptors (Lipinski definition) is 4. The summed E-state index contributed by atoms with van der Waals surface area (Å²) in [5.74, 6) is -0.958. The molecule has 0 aliphatic carbocycles. The molecule has 2 rings (SSSR count). The maximum absolute atomic E-state index is 12.0. The van der Waals surface area contributed by atoms with Crippen molar-refractivity contribution < 1.29 is 14.7 Å². The summed E-state index contributed by atoms with van der Waals surface area (Å²) in [4.78, 5) is 27.0. The van der Waals surface area contributed by atoms with E-state index in [1.54, 1.807) is 0 Å². The van der Waals surface area contributed by atoms with Crippen LogP contribution in [0.5, 0.6) is 0 Å². The van der Waals surface area contributed by atoms with Crippen LogP contribution in [0.15, 0.2) is 29.6 Å². The van der Waals surface area contributed by atoms with Gasteiger partial charge in [-0.1, -0.05) is 38.5 Å². The van der Waals surface area contributed by atoms with E-state index >= 15 is 0 Å². The predicted molar refractivity (Wildman–Crippen MR) is 90.4 cm³/mol. The molecule has 1 unspecified atom stereocenters. The smallest absolute Gasteiger partial charge is 0.355 e. The normalized spacial score (nSPS) is 11.9. The average molecular weight is 332 g/mol. The zero-order valence-corrected chi connectivity index (χ0v) is 14.0. The molecule has 0 fully saturated rings. The van der Waals surface area contributed by atoms with Gasteiger partial charge in [0.2, 0.25) is 5.91 Å². The molecule has 1 heterocycles. The number of benzene rings is 1. The van der Waals surface area contributed by atoms with Crippen LogP contribution in [0.2, 0.25) is 0 Å². The number of aromatic carboxylic acids is 1. The van der Waals surface area contributed by atoms with Crippen molar-refractivity contribution in [3.63, 3.8) is 0 Å². The number of carboxylic acids is 1. The van der Waals surface area contributed by atoms with Crippen LogP contribution < -0.4 is 5.32 Å². The lowest BCUT2D eigenvalue weighted by Gasteiger charge is -2.11. The third-order valence-electron chi connectivity index (χ3n) is 3.53. The fourth-order valence-corrected chi connectivity index (χ4v) is 3.04. The highest BCUT2D eigenvalue weighted by atomic mass is 32.1. The maximum atomic E-state index is 12.0. The monoisotopic (exact) mass is 332 g/mol. The molecule has 1 atom stereocenters. The number of nitrogens with zero attached hydrogens (tertiary/aromatic N) is 1. The van der Waals surface area contributed by atoms with Gasteiger partial charge in [-0.3, -0.25) is 4.79 Å². The number of amides is 1. The van der Waals surface area contributed by atoms with E-state index in [0.29, 0.717) is 11.6 Å². The van der Waals surface area contributed by atoms with E-state index in [1.807, 2.05) is 31.2 Å². The molecule has 0 radical (unpaired) electrons. The Labute approximate surface area is 139 Å². The molecule has 0 saturated heterocycles. The summed E-state index contributed by atoms with van der Waals surface area (Å²) >= 11 is 1.30. The number of hydrogen-bond donors (Lipinski definition) is 2. The first-order valence-electron chi connectivity index (χ1n) is 7.57. The Bertz CT molecular complexity index is 697. The largest absolute Gasteiger partial charge is 0.476 e. The van der Waals surface area contributed by atoms with Gasteiger partial charge >= 0.3 is 5.97 Å². The molecule has 2 N–H and O–H groups in total. The second-order valence-corrected chi connectivity index (χ2v) is 6.31. The van der Waals surface area contributed by atoms with Gasteiger partial charge in [-0.2, -0.15) is 0 Å². The van der Waals surface area contributed by atoms with E-state index in [9.17, 15) is 9.59 Å². The standard InChI is InChI=1S/C17H20N2O3S/c1-3-5-11(2)15(20)18-9-12-6-4-7-13(8-12)16-19-14(10-23-16)17(21)22/h4,6-8,10-11H,3,5,9H2,1-2H3,(H,18,20)(H,21,22). The van der Waals surface area contributed by atoms with Crippen LogP contribution >= 0.6 is 11.3 Å². The van der Waals surface area contributed by atoms with Crippen LogP contribution in [0.25, 0.3) is 10.6 Å². The topological polar surface area (TPSA) is 79.3 Å². The molecular formula is C17H20N2O3S. The Morgan fingerprint density at radius 3 is 2.83 bits per heavy atom. The van der Waals surface area contributed by atoms with Crippen molar-refractivity contribution in [2.45, 2.75) is 33.2 Å². The van der Waals surface area contributed by atoms with Crippen LogP contribution in [-0.2, 0) is 11.3 Å². The first-order valence-corrected chi connectivity index (χ1v) is 8.45. The highest BCUT2D eigenvalue weighted by Crippen LogP contribution is 2.24. The molecule has 0 aliphatic heterocycles. The molecule has 6 heteroatoms. The van der Waals surface area contributed by atoms with Gasteiger partial charge in [0.05, 0.1) is 0 Å². The quantitative estimate of drug-likeness (QED) is 0.812. The van der Waals surface area contributed by atoms with Crippen molar-refractivity contribution in [1.82, 2.24) is 10.3 Å². The molecule has 0 aliphatic rings. The summed E-state index contributed by atoms with van der Waals surface area (Å²) in [6.07, 6.45) is 1.86. The Morgan fingerprint density at radius 1 is 1.39 bits per heavy atom. The van der Waals surface area contributed by atoms with Gasteiger partial charge in [-0.15, -0.1) is 11.3 Å². The number of carbonyl (C=O) groups excluding carboxylic acids is 1. The van der Waals surface area contributed by atoms with Crippen molar-refractivity contribution >= 4 is 23.2 Å². The van der Waals surface area contributed by atoms with Crippen LogP contribution in [0.4, 0.5) is 0 Å². The number of thiazole rings is 1. The Hall–Kier alpha value is -2.21. The highest BCUT2D eigenvalue weighted by Gasteiger charge is 2.12. The van der Waals surface area contributed by atoms with Gasteiger partial charge in [-0.05, 0) is 18.1 Å². The van der Waals surface area contributed by atoms with Gasteiger partial charge in [0, 0.05) is 23.4 Å². The molecule has 1 aromatic heterocycles. The first-order chi connectivity index (χ1) is 11.0. The summed E-state index contributed by atoms with van der Waals surface area (Å²) in [5.41, 5.74) is 1.87. The first kappa shape index (κ1) is 17.1. The average Bonchev–Trinajstić information content (AvgIpc) is 3.03. The van der Waals surface area contributed by atoms with E-state index in [-0.39, 0.29) is 17.5 Å². The molecule has 1 aromatic carbocycles. The number of carbonyl (C=O) groups is 2. The summed E-state index contributed by atoms with van der Waals surface area (Å²) in [7, 11) is 0. The van der Waals surface area contributed by atoms with Gasteiger partial charge < -0.3 is 10.4 Å². The van der Waals surface area contributed by atoms with Crippen molar-refractivity contribution in [2.24, 2.45) is 5.92 Å². The van der Waals surface area contributed by atoms with Crippen molar-refractivity contribution in [3.8, 4) is 10.6 Å². The SMILES string of the molecule is CCCC(C)C(=O)NCc1cccc(-c2nc(C(=O)O)cs2)c1. The minimum atomic E-state index is -1.03. The molecular weight excluding hydrogens is 312 g/mol. The third-order valence-corrected chi connectivity index (χ3v) is 4.42. The fraction of sp³-hybridized carbons (Fsp3) is 0.353. The highest BCUT2D eigenvalue weighted by molar-refractivity contribution is 7.13. The van der Waals surface area contributed by atoms with Crippen LogP contribution in [-0.4, -0.2) is 22.0 Å². The van der Waals surface area contributed by atoms with E-state index in [0.717, 1.165) is 24.0 Å². The van der Waals surface area contributed by atoms with Crippen LogP contribution in [0.1, 0.15) is 42.7 Å². The van der Waals surface area contributed by atoms with E-state index in [1.165, 1.54) is 16.7 Å².